The Hall–Kier alpha value is -3.32. The van der Waals surface area contributed by atoms with E-state index in [1.807, 2.05) is 41.1 Å². The van der Waals surface area contributed by atoms with Crippen LogP contribution in [0.1, 0.15) is 27.8 Å². The van der Waals surface area contributed by atoms with E-state index >= 15 is 0 Å². The molecule has 130 valence electrons. The zero-order valence-electron chi connectivity index (χ0n) is 15.1. The van der Waals surface area contributed by atoms with Gasteiger partial charge in [0, 0.05) is 29.2 Å². The Balaban J connectivity index is 1.82. The van der Waals surface area contributed by atoms with Gasteiger partial charge in [-0.25, -0.2) is 4.98 Å². The number of aromatic nitrogens is 2. The molecule has 0 spiro atoms. The van der Waals surface area contributed by atoms with Gasteiger partial charge in [0.2, 0.25) is 0 Å². The molecule has 26 heavy (non-hydrogen) atoms. The van der Waals surface area contributed by atoms with Gasteiger partial charge in [-0.3, -0.25) is 4.79 Å². The molecule has 3 aromatic rings. The van der Waals surface area contributed by atoms with Crippen LogP contribution < -0.4 is 0 Å². The highest BCUT2D eigenvalue weighted by molar-refractivity contribution is 5.72. The number of imidazole rings is 1. The molecule has 2 aromatic carbocycles. The van der Waals surface area contributed by atoms with E-state index in [2.05, 4.69) is 41.5 Å². The lowest BCUT2D eigenvalue weighted by atomic mass is 10.0. The number of rotatable bonds is 3. The lowest BCUT2D eigenvalue weighted by Crippen LogP contribution is -2.04. The van der Waals surface area contributed by atoms with Crippen LogP contribution in [-0.2, 0) is 16.0 Å². The summed E-state index contributed by atoms with van der Waals surface area (Å²) in [6.45, 7) is 4.18. The van der Waals surface area contributed by atoms with E-state index in [1.165, 1.54) is 12.7 Å². The van der Waals surface area contributed by atoms with E-state index in [0.717, 1.165) is 27.9 Å². The minimum atomic E-state index is -0.243. The van der Waals surface area contributed by atoms with Crippen molar-refractivity contribution in [2.45, 2.75) is 20.3 Å². The average Bonchev–Trinajstić information content (AvgIpc) is 3.18. The Morgan fingerprint density at radius 2 is 1.85 bits per heavy atom. The molecule has 0 aliphatic heterocycles. The summed E-state index contributed by atoms with van der Waals surface area (Å²) in [5.74, 6) is 6.20. The Labute approximate surface area is 153 Å². The van der Waals surface area contributed by atoms with Gasteiger partial charge in [-0.1, -0.05) is 24.0 Å². The molecular formula is C22H20N2O2. The Kier molecular flexibility index (Phi) is 5.19. The highest BCUT2D eigenvalue weighted by atomic mass is 16.5. The molecule has 0 aliphatic carbocycles. The van der Waals surface area contributed by atoms with E-state index in [-0.39, 0.29) is 12.4 Å². The molecule has 0 amide bonds. The summed E-state index contributed by atoms with van der Waals surface area (Å²) in [7, 11) is 1.39. The molecular weight excluding hydrogens is 324 g/mol. The SMILES string of the molecule is COC(=O)Cc1ccc(C#Cc2ccc(-n3ccnc3)c(C)c2C)cc1. The molecule has 0 atom stereocenters. The summed E-state index contributed by atoms with van der Waals surface area (Å²) < 4.78 is 6.68. The standard InChI is InChI=1S/C22H20N2O2/c1-16-17(2)21(24-13-12-23-15-24)11-10-20(16)9-8-18-4-6-19(7-5-18)14-22(25)26-3/h4-7,10-13,15H,14H2,1-3H3. The van der Waals surface area contributed by atoms with Gasteiger partial charge in [-0.2, -0.15) is 0 Å². The molecule has 1 aromatic heterocycles. The van der Waals surface area contributed by atoms with E-state index in [0.29, 0.717) is 0 Å². The number of esters is 1. The van der Waals surface area contributed by atoms with Crippen molar-refractivity contribution >= 4 is 5.97 Å². The molecule has 0 unspecified atom stereocenters. The number of hydrogen-bond acceptors (Lipinski definition) is 3. The molecule has 4 nitrogen and oxygen atoms in total. The molecule has 0 fully saturated rings. The number of methoxy groups -OCH3 is 1. The quantitative estimate of drug-likeness (QED) is 0.539. The second-order valence-corrected chi connectivity index (χ2v) is 6.05. The van der Waals surface area contributed by atoms with Crippen molar-refractivity contribution in [3.05, 3.63) is 82.9 Å². The van der Waals surface area contributed by atoms with Crippen LogP contribution in [0.25, 0.3) is 5.69 Å². The average molecular weight is 344 g/mol. The van der Waals surface area contributed by atoms with E-state index in [4.69, 9.17) is 0 Å². The van der Waals surface area contributed by atoms with Crippen LogP contribution in [0.2, 0.25) is 0 Å². The molecule has 4 heteroatoms. The first kappa shape index (κ1) is 17.5. The van der Waals surface area contributed by atoms with Crippen LogP contribution in [0.4, 0.5) is 0 Å². The molecule has 0 saturated carbocycles. The van der Waals surface area contributed by atoms with Crippen molar-refractivity contribution in [1.82, 2.24) is 9.55 Å². The largest absolute Gasteiger partial charge is 0.469 e. The molecule has 0 bridgehead atoms. The van der Waals surface area contributed by atoms with E-state index in [9.17, 15) is 4.79 Å². The molecule has 0 radical (unpaired) electrons. The van der Waals surface area contributed by atoms with Crippen molar-refractivity contribution < 1.29 is 9.53 Å². The van der Waals surface area contributed by atoms with Gasteiger partial charge >= 0.3 is 5.97 Å². The van der Waals surface area contributed by atoms with Crippen molar-refractivity contribution in [3.63, 3.8) is 0 Å². The number of ether oxygens (including phenoxy) is 1. The molecule has 1 heterocycles. The van der Waals surface area contributed by atoms with E-state index < -0.39 is 0 Å². The molecule has 0 aliphatic rings. The van der Waals surface area contributed by atoms with Crippen molar-refractivity contribution in [2.24, 2.45) is 0 Å². The van der Waals surface area contributed by atoms with Gasteiger partial charge in [-0.05, 0) is 54.8 Å². The van der Waals surface area contributed by atoms with Gasteiger partial charge in [0.15, 0.2) is 0 Å². The Morgan fingerprint density at radius 1 is 1.08 bits per heavy atom. The fourth-order valence-electron chi connectivity index (χ4n) is 2.71. The third kappa shape index (κ3) is 3.84. The van der Waals surface area contributed by atoms with Gasteiger partial charge < -0.3 is 9.30 Å². The van der Waals surface area contributed by atoms with Gasteiger partial charge in [-0.15, -0.1) is 0 Å². The fourth-order valence-corrected chi connectivity index (χ4v) is 2.71. The summed E-state index contributed by atoms with van der Waals surface area (Å²) in [5.41, 5.74) is 6.28. The van der Waals surface area contributed by atoms with Crippen molar-refractivity contribution in [3.8, 4) is 17.5 Å². The first-order valence-corrected chi connectivity index (χ1v) is 8.35. The molecule has 0 N–H and O–H groups in total. The second kappa shape index (κ2) is 7.71. The van der Waals surface area contributed by atoms with E-state index in [1.54, 1.807) is 12.5 Å². The van der Waals surface area contributed by atoms with Gasteiger partial charge in [0.05, 0.1) is 19.9 Å². The normalized spacial score (nSPS) is 10.1. The number of hydrogen-bond donors (Lipinski definition) is 0. The maximum atomic E-state index is 11.3. The lowest BCUT2D eigenvalue weighted by Gasteiger charge is -2.11. The molecule has 0 saturated heterocycles. The van der Waals surface area contributed by atoms with Crippen LogP contribution in [0.3, 0.4) is 0 Å². The first-order valence-electron chi connectivity index (χ1n) is 8.35. The minimum absolute atomic E-state index is 0.243. The summed E-state index contributed by atoms with van der Waals surface area (Å²) in [5, 5.41) is 0. The number of carbonyl (C=O) groups excluding carboxylic acids is 1. The van der Waals surface area contributed by atoms with Gasteiger partial charge in [0.25, 0.3) is 0 Å². The fraction of sp³-hybridized carbons (Fsp3) is 0.182. The first-order chi connectivity index (χ1) is 12.6. The predicted molar refractivity (Wildman–Crippen MR) is 101 cm³/mol. The third-order valence-corrected chi connectivity index (χ3v) is 4.41. The number of carbonyl (C=O) groups is 1. The topological polar surface area (TPSA) is 44.1 Å². The predicted octanol–water partition coefficient (Wildman–Crippen LogP) is 3.60. The van der Waals surface area contributed by atoms with Crippen LogP contribution in [0.15, 0.2) is 55.1 Å². The van der Waals surface area contributed by atoms with Crippen LogP contribution >= 0.6 is 0 Å². The Morgan fingerprint density at radius 3 is 2.50 bits per heavy atom. The summed E-state index contributed by atoms with van der Waals surface area (Å²) in [4.78, 5) is 15.4. The summed E-state index contributed by atoms with van der Waals surface area (Å²) in [6.07, 6.45) is 5.77. The highest BCUT2D eigenvalue weighted by Gasteiger charge is 2.06. The lowest BCUT2D eigenvalue weighted by molar-refractivity contribution is -0.139. The van der Waals surface area contributed by atoms with Crippen molar-refractivity contribution in [2.75, 3.05) is 7.11 Å². The van der Waals surface area contributed by atoms with Crippen LogP contribution in [0, 0.1) is 25.7 Å². The Bertz CT molecular complexity index is 975. The van der Waals surface area contributed by atoms with Crippen molar-refractivity contribution in [1.29, 1.82) is 0 Å². The zero-order chi connectivity index (χ0) is 18.5. The smallest absolute Gasteiger partial charge is 0.309 e. The maximum Gasteiger partial charge on any atom is 0.309 e. The summed E-state index contributed by atoms with van der Waals surface area (Å²) in [6, 6.07) is 11.8. The second-order valence-electron chi connectivity index (χ2n) is 6.05. The monoisotopic (exact) mass is 344 g/mol. The van der Waals surface area contributed by atoms with Crippen LogP contribution in [0.5, 0.6) is 0 Å². The van der Waals surface area contributed by atoms with Gasteiger partial charge in [0.1, 0.15) is 0 Å². The zero-order valence-corrected chi connectivity index (χ0v) is 15.1. The molecule has 3 rings (SSSR count). The third-order valence-electron chi connectivity index (χ3n) is 4.41. The minimum Gasteiger partial charge on any atom is -0.469 e. The summed E-state index contributed by atoms with van der Waals surface area (Å²) >= 11 is 0. The number of benzene rings is 2. The number of nitrogens with zero attached hydrogens (tertiary/aromatic N) is 2. The van der Waals surface area contributed by atoms with Crippen LogP contribution in [-0.4, -0.2) is 22.6 Å². The maximum absolute atomic E-state index is 11.3. The highest BCUT2D eigenvalue weighted by Crippen LogP contribution is 2.20.